The summed E-state index contributed by atoms with van der Waals surface area (Å²) < 4.78 is 8.75. The first-order valence-electron chi connectivity index (χ1n) is 6.69. The van der Waals surface area contributed by atoms with Crippen LogP contribution < -0.4 is 5.32 Å². The van der Waals surface area contributed by atoms with Crippen molar-refractivity contribution < 1.29 is 4.74 Å². The maximum absolute atomic E-state index is 6.34. The summed E-state index contributed by atoms with van der Waals surface area (Å²) in [5.41, 5.74) is 1.41. The van der Waals surface area contributed by atoms with Gasteiger partial charge in [0.2, 0.25) is 5.95 Å². The molecule has 9 heteroatoms. The molecule has 1 aliphatic rings. The van der Waals surface area contributed by atoms with Gasteiger partial charge >= 0.3 is 0 Å². The Morgan fingerprint density at radius 3 is 2.86 bits per heavy atom. The zero-order valence-electron chi connectivity index (χ0n) is 11.6. The van der Waals surface area contributed by atoms with Crippen LogP contribution in [0.3, 0.4) is 0 Å². The second-order valence-corrected chi connectivity index (χ2v) is 5.89. The minimum absolute atomic E-state index is 0.193. The van der Waals surface area contributed by atoms with Crippen molar-refractivity contribution in [3.63, 3.8) is 0 Å². The Morgan fingerprint density at radius 2 is 2.14 bits per heavy atom. The predicted octanol–water partition coefficient (Wildman–Crippen LogP) is 2.79. The van der Waals surface area contributed by atoms with E-state index in [0.717, 1.165) is 11.0 Å². The van der Waals surface area contributed by atoms with Crippen LogP contribution >= 0.6 is 23.2 Å². The SMILES string of the molecule is Cn1cc(Cl)c2cnc(Nc3cnn(C4COC4)c3Cl)nc21. The van der Waals surface area contributed by atoms with Gasteiger partial charge in [-0.05, 0) is 0 Å². The van der Waals surface area contributed by atoms with Gasteiger partial charge in [0.05, 0.1) is 35.5 Å². The summed E-state index contributed by atoms with van der Waals surface area (Å²) >= 11 is 12.4. The zero-order chi connectivity index (χ0) is 15.3. The molecule has 0 aliphatic carbocycles. The van der Waals surface area contributed by atoms with E-state index in [4.69, 9.17) is 27.9 Å². The van der Waals surface area contributed by atoms with Crippen molar-refractivity contribution in [2.24, 2.45) is 7.05 Å². The van der Waals surface area contributed by atoms with E-state index >= 15 is 0 Å². The molecule has 1 N–H and O–H groups in total. The number of nitrogens with one attached hydrogen (secondary N) is 1. The number of nitrogens with zero attached hydrogens (tertiary/aromatic N) is 5. The van der Waals surface area contributed by atoms with Crippen molar-refractivity contribution in [1.82, 2.24) is 24.3 Å². The highest BCUT2D eigenvalue weighted by atomic mass is 35.5. The molecular weight excluding hydrogens is 327 g/mol. The van der Waals surface area contributed by atoms with Crippen LogP contribution in [0.4, 0.5) is 11.6 Å². The standard InChI is InChI=1S/C13H12Cl2N6O/c1-20-4-9(14)8-2-16-13(19-12(8)20)18-10-3-17-21(11(10)15)7-5-22-6-7/h2-4,7H,5-6H2,1H3,(H,16,18,19). The fourth-order valence-corrected chi connectivity index (χ4v) is 2.90. The van der Waals surface area contributed by atoms with E-state index in [2.05, 4.69) is 20.4 Å². The zero-order valence-corrected chi connectivity index (χ0v) is 13.1. The number of rotatable bonds is 3. The number of fused-ring (bicyclic) bond motifs is 1. The number of halogens is 2. The largest absolute Gasteiger partial charge is 0.377 e. The Hall–Kier alpha value is -1.83. The van der Waals surface area contributed by atoms with Gasteiger partial charge in [0.1, 0.15) is 11.7 Å². The van der Waals surface area contributed by atoms with Crippen LogP contribution in [0.15, 0.2) is 18.6 Å². The Labute approximate surface area is 135 Å². The fraction of sp³-hybridized carbons (Fsp3) is 0.308. The third-order valence-corrected chi connectivity index (χ3v) is 4.29. The Balaban J connectivity index is 1.66. The molecule has 22 heavy (non-hydrogen) atoms. The molecule has 114 valence electrons. The Morgan fingerprint density at radius 1 is 1.32 bits per heavy atom. The number of aryl methyl sites for hydroxylation is 1. The van der Waals surface area contributed by atoms with Crippen molar-refractivity contribution in [3.8, 4) is 0 Å². The van der Waals surface area contributed by atoms with E-state index in [1.807, 2.05) is 11.6 Å². The van der Waals surface area contributed by atoms with Gasteiger partial charge in [0.15, 0.2) is 5.15 Å². The third-order valence-electron chi connectivity index (χ3n) is 3.61. The van der Waals surface area contributed by atoms with Gasteiger partial charge < -0.3 is 14.6 Å². The first kappa shape index (κ1) is 13.8. The molecule has 3 aromatic heterocycles. The molecule has 7 nitrogen and oxygen atoms in total. The average Bonchev–Trinajstić information content (AvgIpc) is 2.92. The summed E-state index contributed by atoms with van der Waals surface area (Å²) in [6.07, 6.45) is 5.14. The fourth-order valence-electron chi connectivity index (χ4n) is 2.34. The lowest BCUT2D eigenvalue weighted by Crippen LogP contribution is -2.31. The molecule has 1 fully saturated rings. The van der Waals surface area contributed by atoms with Crippen LogP contribution in [-0.4, -0.2) is 37.5 Å². The van der Waals surface area contributed by atoms with Crippen LogP contribution in [0.25, 0.3) is 11.0 Å². The number of hydrogen-bond donors (Lipinski definition) is 1. The third kappa shape index (κ3) is 2.13. The highest BCUT2D eigenvalue weighted by Crippen LogP contribution is 2.30. The van der Waals surface area contributed by atoms with E-state index < -0.39 is 0 Å². The Bertz CT molecular complexity index is 854. The van der Waals surface area contributed by atoms with Gasteiger partial charge in [-0.2, -0.15) is 10.1 Å². The summed E-state index contributed by atoms with van der Waals surface area (Å²) in [6, 6.07) is 0.193. The van der Waals surface area contributed by atoms with Crippen molar-refractivity contribution in [2.75, 3.05) is 18.5 Å². The van der Waals surface area contributed by atoms with Gasteiger partial charge in [-0.25, -0.2) is 9.67 Å². The van der Waals surface area contributed by atoms with E-state index in [0.29, 0.717) is 35.0 Å². The normalized spacial score (nSPS) is 15.2. The average molecular weight is 339 g/mol. The first-order valence-corrected chi connectivity index (χ1v) is 7.44. The first-order chi connectivity index (χ1) is 10.6. The van der Waals surface area contributed by atoms with Gasteiger partial charge in [-0.3, -0.25) is 0 Å². The minimum atomic E-state index is 0.193. The summed E-state index contributed by atoms with van der Waals surface area (Å²) in [6.45, 7) is 1.26. The maximum atomic E-state index is 6.34. The Kier molecular flexibility index (Phi) is 3.21. The highest BCUT2D eigenvalue weighted by molar-refractivity contribution is 6.35. The number of hydrogen-bond acceptors (Lipinski definition) is 5. The lowest BCUT2D eigenvalue weighted by molar-refractivity contribution is -0.0284. The van der Waals surface area contributed by atoms with Crippen LogP contribution in [0, 0.1) is 0 Å². The lowest BCUT2D eigenvalue weighted by atomic mass is 10.3. The molecule has 0 amide bonds. The van der Waals surface area contributed by atoms with E-state index in [9.17, 15) is 0 Å². The number of anilines is 2. The van der Waals surface area contributed by atoms with Gasteiger partial charge in [-0.15, -0.1) is 0 Å². The van der Waals surface area contributed by atoms with Crippen LogP contribution in [0.2, 0.25) is 10.2 Å². The monoisotopic (exact) mass is 338 g/mol. The van der Waals surface area contributed by atoms with Crippen LogP contribution in [-0.2, 0) is 11.8 Å². The maximum Gasteiger partial charge on any atom is 0.229 e. The second kappa shape index (κ2) is 5.12. The predicted molar refractivity (Wildman–Crippen MR) is 83.9 cm³/mol. The number of ether oxygens (including phenoxy) is 1. The summed E-state index contributed by atoms with van der Waals surface area (Å²) in [7, 11) is 1.88. The molecule has 4 rings (SSSR count). The van der Waals surface area contributed by atoms with Crippen molar-refractivity contribution in [3.05, 3.63) is 28.8 Å². The molecule has 0 spiro atoms. The van der Waals surface area contributed by atoms with E-state index in [1.165, 1.54) is 0 Å². The molecule has 0 radical (unpaired) electrons. The quantitative estimate of drug-likeness (QED) is 0.795. The molecular formula is C13H12Cl2N6O. The highest BCUT2D eigenvalue weighted by Gasteiger charge is 2.24. The van der Waals surface area contributed by atoms with Gasteiger partial charge in [0, 0.05) is 19.4 Å². The number of aromatic nitrogens is 5. The van der Waals surface area contributed by atoms with Crippen LogP contribution in [0.1, 0.15) is 6.04 Å². The molecule has 0 unspecified atom stereocenters. The van der Waals surface area contributed by atoms with E-state index in [-0.39, 0.29) is 6.04 Å². The summed E-state index contributed by atoms with van der Waals surface area (Å²) in [4.78, 5) is 8.72. The van der Waals surface area contributed by atoms with Crippen molar-refractivity contribution >= 4 is 45.9 Å². The molecule has 3 aromatic rings. The smallest absolute Gasteiger partial charge is 0.229 e. The molecule has 0 aromatic carbocycles. The van der Waals surface area contributed by atoms with Crippen molar-refractivity contribution in [2.45, 2.75) is 6.04 Å². The van der Waals surface area contributed by atoms with Crippen molar-refractivity contribution in [1.29, 1.82) is 0 Å². The summed E-state index contributed by atoms with van der Waals surface area (Å²) in [5, 5.41) is 9.32. The second-order valence-electron chi connectivity index (χ2n) is 5.13. The lowest BCUT2D eigenvalue weighted by Gasteiger charge is -2.26. The molecule has 0 saturated carbocycles. The molecule has 1 saturated heterocycles. The van der Waals surface area contributed by atoms with Gasteiger partial charge in [0.25, 0.3) is 0 Å². The molecule has 0 atom stereocenters. The summed E-state index contributed by atoms with van der Waals surface area (Å²) in [5.74, 6) is 0.441. The molecule has 0 bridgehead atoms. The van der Waals surface area contributed by atoms with Gasteiger partial charge in [-0.1, -0.05) is 23.2 Å². The van der Waals surface area contributed by atoms with Crippen LogP contribution in [0.5, 0.6) is 0 Å². The minimum Gasteiger partial charge on any atom is -0.377 e. The van der Waals surface area contributed by atoms with E-state index in [1.54, 1.807) is 23.3 Å². The molecule has 4 heterocycles. The molecule has 1 aliphatic heterocycles. The topological polar surface area (TPSA) is 69.8 Å².